The van der Waals surface area contributed by atoms with Crippen LogP contribution < -0.4 is 4.74 Å². The number of hydrogen-bond acceptors (Lipinski definition) is 3. The van der Waals surface area contributed by atoms with Crippen LogP contribution in [0.4, 0.5) is 0 Å². The largest absolute Gasteiger partial charge is 0.496 e. The molecule has 96 valence electrons. The van der Waals surface area contributed by atoms with Crippen LogP contribution in [0.1, 0.15) is 23.2 Å². The molecule has 4 nitrogen and oxygen atoms in total. The summed E-state index contributed by atoms with van der Waals surface area (Å²) in [5.41, 5.74) is 0.586. The lowest BCUT2D eigenvalue weighted by Gasteiger charge is -2.14. The Labute approximate surface area is 114 Å². The molecule has 0 aromatic heterocycles. The molecule has 0 radical (unpaired) electrons. The molecule has 0 aliphatic carbocycles. The molecule has 0 saturated carbocycles. The van der Waals surface area contributed by atoms with E-state index >= 15 is 0 Å². The first kappa shape index (κ1) is 13.1. The normalized spacial score (nSPS) is 15.0. The van der Waals surface area contributed by atoms with E-state index < -0.39 is 0 Å². The molecule has 0 atom stereocenters. The molecule has 1 amide bonds. The number of ketones is 1. The van der Waals surface area contributed by atoms with Crippen molar-refractivity contribution >= 4 is 27.6 Å². The zero-order chi connectivity index (χ0) is 13.1. The Kier molecular flexibility index (Phi) is 4.01. The highest BCUT2D eigenvalue weighted by atomic mass is 79.9. The van der Waals surface area contributed by atoms with Gasteiger partial charge >= 0.3 is 0 Å². The van der Waals surface area contributed by atoms with Crippen LogP contribution in [-0.4, -0.2) is 36.8 Å². The fraction of sp³-hybridized carbons (Fsp3) is 0.385. The first-order valence-electron chi connectivity index (χ1n) is 5.76. The van der Waals surface area contributed by atoms with E-state index in [-0.39, 0.29) is 18.2 Å². The van der Waals surface area contributed by atoms with Crippen LogP contribution in [0.5, 0.6) is 5.75 Å². The van der Waals surface area contributed by atoms with Gasteiger partial charge in [0.2, 0.25) is 5.91 Å². The third kappa shape index (κ3) is 2.72. The summed E-state index contributed by atoms with van der Waals surface area (Å²) < 4.78 is 5.85. The van der Waals surface area contributed by atoms with Crippen LogP contribution in [0.2, 0.25) is 0 Å². The Morgan fingerprint density at radius 2 is 2.28 bits per heavy atom. The van der Waals surface area contributed by atoms with Gasteiger partial charge in [0, 0.05) is 18.5 Å². The monoisotopic (exact) mass is 311 g/mol. The lowest BCUT2D eigenvalue weighted by Crippen LogP contribution is -2.30. The smallest absolute Gasteiger partial charge is 0.223 e. The van der Waals surface area contributed by atoms with Crippen molar-refractivity contribution in [3.05, 3.63) is 28.2 Å². The number of Topliss-reactive ketones (excluding diaryl/α,β-unsaturated/α-hetero) is 1. The van der Waals surface area contributed by atoms with Gasteiger partial charge in [-0.25, -0.2) is 0 Å². The van der Waals surface area contributed by atoms with Gasteiger partial charge in [0.05, 0.1) is 18.1 Å². The van der Waals surface area contributed by atoms with Crippen molar-refractivity contribution in [1.29, 1.82) is 0 Å². The number of ether oxygens (including phenoxy) is 1. The number of benzene rings is 1. The minimum Gasteiger partial charge on any atom is -0.496 e. The number of carbonyl (C=O) groups is 2. The quantitative estimate of drug-likeness (QED) is 0.801. The number of halogens is 1. The predicted molar refractivity (Wildman–Crippen MR) is 70.8 cm³/mol. The summed E-state index contributed by atoms with van der Waals surface area (Å²) in [5, 5.41) is 0. The van der Waals surface area contributed by atoms with Crippen molar-refractivity contribution in [1.82, 2.24) is 4.90 Å². The Bertz CT molecular complexity index is 487. The number of nitrogens with zero attached hydrogens (tertiary/aromatic N) is 1. The topological polar surface area (TPSA) is 46.6 Å². The van der Waals surface area contributed by atoms with E-state index in [9.17, 15) is 9.59 Å². The van der Waals surface area contributed by atoms with Gasteiger partial charge in [-0.3, -0.25) is 9.59 Å². The van der Waals surface area contributed by atoms with E-state index in [1.54, 1.807) is 30.2 Å². The molecular formula is C13H14BrNO3. The molecule has 1 heterocycles. The molecule has 2 rings (SSSR count). The maximum atomic E-state index is 12.0. The molecule has 0 unspecified atom stereocenters. The van der Waals surface area contributed by atoms with E-state index in [1.165, 1.54) is 0 Å². The number of carbonyl (C=O) groups excluding carboxylic acids is 2. The third-order valence-corrected chi connectivity index (χ3v) is 3.60. The van der Waals surface area contributed by atoms with Gasteiger partial charge in [0.1, 0.15) is 5.75 Å². The molecule has 1 fully saturated rings. The van der Waals surface area contributed by atoms with Crippen molar-refractivity contribution in [3.8, 4) is 5.75 Å². The van der Waals surface area contributed by atoms with Crippen LogP contribution in [0.3, 0.4) is 0 Å². The summed E-state index contributed by atoms with van der Waals surface area (Å²) in [6.45, 7) is 0.847. The summed E-state index contributed by atoms with van der Waals surface area (Å²) in [4.78, 5) is 25.1. The molecule has 18 heavy (non-hydrogen) atoms. The van der Waals surface area contributed by atoms with Crippen molar-refractivity contribution < 1.29 is 14.3 Å². The molecule has 1 saturated heterocycles. The SMILES string of the molecule is COc1ccc(C(=O)CN2CCCC2=O)cc1Br. The van der Waals surface area contributed by atoms with E-state index in [0.29, 0.717) is 24.3 Å². The predicted octanol–water partition coefficient (Wildman–Crippen LogP) is 2.26. The molecule has 0 N–H and O–H groups in total. The summed E-state index contributed by atoms with van der Waals surface area (Å²) >= 11 is 3.34. The van der Waals surface area contributed by atoms with Crippen LogP contribution in [-0.2, 0) is 4.79 Å². The van der Waals surface area contributed by atoms with E-state index in [1.807, 2.05) is 0 Å². The van der Waals surface area contributed by atoms with Gasteiger partial charge in [0.15, 0.2) is 5.78 Å². The lowest BCUT2D eigenvalue weighted by molar-refractivity contribution is -0.127. The number of rotatable bonds is 4. The average molecular weight is 312 g/mol. The molecule has 1 aliphatic heterocycles. The van der Waals surface area contributed by atoms with E-state index in [2.05, 4.69) is 15.9 Å². The van der Waals surface area contributed by atoms with Gasteiger partial charge in [-0.05, 0) is 40.5 Å². The Balaban J connectivity index is 2.09. The summed E-state index contributed by atoms with van der Waals surface area (Å²) in [6.07, 6.45) is 1.40. The minimum atomic E-state index is -0.0476. The highest BCUT2D eigenvalue weighted by molar-refractivity contribution is 9.10. The van der Waals surface area contributed by atoms with E-state index in [4.69, 9.17) is 4.74 Å². The average Bonchev–Trinajstić information content (AvgIpc) is 2.75. The van der Waals surface area contributed by atoms with Crippen LogP contribution >= 0.6 is 15.9 Å². The lowest BCUT2D eigenvalue weighted by atomic mass is 10.1. The Morgan fingerprint density at radius 1 is 1.50 bits per heavy atom. The van der Waals surface area contributed by atoms with Crippen LogP contribution in [0, 0.1) is 0 Å². The first-order valence-corrected chi connectivity index (χ1v) is 6.55. The molecule has 0 bridgehead atoms. The molecule has 1 aliphatic rings. The fourth-order valence-electron chi connectivity index (χ4n) is 1.98. The zero-order valence-corrected chi connectivity index (χ0v) is 11.7. The number of hydrogen-bond donors (Lipinski definition) is 0. The molecule has 1 aromatic rings. The van der Waals surface area contributed by atoms with Crippen LogP contribution in [0.25, 0.3) is 0 Å². The number of likely N-dealkylation sites (tertiary alicyclic amines) is 1. The van der Waals surface area contributed by atoms with Crippen LogP contribution in [0.15, 0.2) is 22.7 Å². The van der Waals surface area contributed by atoms with Gasteiger partial charge in [-0.1, -0.05) is 0 Å². The summed E-state index contributed by atoms with van der Waals surface area (Å²) in [7, 11) is 1.57. The van der Waals surface area contributed by atoms with Crippen molar-refractivity contribution in [2.75, 3.05) is 20.2 Å². The minimum absolute atomic E-state index is 0.0476. The van der Waals surface area contributed by atoms with Gasteiger partial charge in [0.25, 0.3) is 0 Å². The second kappa shape index (κ2) is 5.52. The number of amides is 1. The number of methoxy groups -OCH3 is 1. The zero-order valence-electron chi connectivity index (χ0n) is 10.1. The third-order valence-electron chi connectivity index (χ3n) is 2.98. The van der Waals surface area contributed by atoms with Gasteiger partial charge in [-0.2, -0.15) is 0 Å². The molecule has 0 spiro atoms. The highest BCUT2D eigenvalue weighted by Gasteiger charge is 2.23. The second-order valence-corrected chi connectivity index (χ2v) is 5.05. The maximum absolute atomic E-state index is 12.0. The summed E-state index contributed by atoms with van der Waals surface area (Å²) in [6, 6.07) is 5.18. The molecule has 1 aromatic carbocycles. The standard InChI is InChI=1S/C13H14BrNO3/c1-18-12-5-4-9(7-10(12)14)11(16)8-15-6-2-3-13(15)17/h4-5,7H,2-3,6,8H2,1H3. The molecular weight excluding hydrogens is 298 g/mol. The second-order valence-electron chi connectivity index (χ2n) is 4.19. The van der Waals surface area contributed by atoms with Gasteiger partial charge < -0.3 is 9.64 Å². The Hall–Kier alpha value is -1.36. The first-order chi connectivity index (χ1) is 8.61. The highest BCUT2D eigenvalue weighted by Crippen LogP contribution is 2.26. The fourth-order valence-corrected chi connectivity index (χ4v) is 2.52. The molecule has 5 heteroatoms. The Morgan fingerprint density at radius 3 is 2.83 bits per heavy atom. The van der Waals surface area contributed by atoms with Crippen molar-refractivity contribution in [3.63, 3.8) is 0 Å². The van der Waals surface area contributed by atoms with E-state index in [0.717, 1.165) is 10.9 Å². The summed E-state index contributed by atoms with van der Waals surface area (Å²) in [5.74, 6) is 0.702. The van der Waals surface area contributed by atoms with Gasteiger partial charge in [-0.15, -0.1) is 0 Å². The van der Waals surface area contributed by atoms with Crippen molar-refractivity contribution in [2.24, 2.45) is 0 Å². The van der Waals surface area contributed by atoms with Crippen molar-refractivity contribution in [2.45, 2.75) is 12.8 Å². The maximum Gasteiger partial charge on any atom is 0.223 e.